The molecular weight excluding hydrogens is 570 g/mol. The van der Waals surface area contributed by atoms with E-state index in [0.29, 0.717) is 5.56 Å². The van der Waals surface area contributed by atoms with Crippen molar-refractivity contribution in [2.24, 2.45) is 5.92 Å². The molecule has 1 aliphatic carbocycles. The van der Waals surface area contributed by atoms with Gasteiger partial charge in [-0.15, -0.1) is 10.2 Å². The summed E-state index contributed by atoms with van der Waals surface area (Å²) >= 11 is 0. The fourth-order valence-corrected chi connectivity index (χ4v) is 5.01. The van der Waals surface area contributed by atoms with Gasteiger partial charge in [0.15, 0.2) is 23.1 Å². The van der Waals surface area contributed by atoms with Crippen molar-refractivity contribution in [2.45, 2.75) is 19.4 Å². The van der Waals surface area contributed by atoms with E-state index in [0.717, 1.165) is 23.4 Å². The van der Waals surface area contributed by atoms with Crippen LogP contribution in [0.3, 0.4) is 0 Å². The summed E-state index contributed by atoms with van der Waals surface area (Å²) in [4.78, 5) is 43.4. The second-order valence-corrected chi connectivity index (χ2v) is 11.6. The molecule has 2 fully saturated rings. The Morgan fingerprint density at radius 2 is 2.02 bits per heavy atom. The maximum Gasteiger partial charge on any atom is 0.273 e. The third kappa shape index (κ3) is 6.31. The molecule has 5 rings (SSSR count). The van der Waals surface area contributed by atoms with Gasteiger partial charge in [0.2, 0.25) is 21.8 Å². The van der Waals surface area contributed by atoms with E-state index < -0.39 is 28.8 Å². The van der Waals surface area contributed by atoms with Gasteiger partial charge in [-0.05, 0) is 25.0 Å². The zero-order valence-electron chi connectivity index (χ0n) is 25.6. The number of hydrogen-bond acceptors (Lipinski definition) is 12. The number of ether oxygens (including phenoxy) is 1. The highest BCUT2D eigenvalue weighted by Crippen LogP contribution is 2.38. The largest absolute Gasteiger partial charge is 0.494 e. The van der Waals surface area contributed by atoms with Crippen molar-refractivity contribution in [2.75, 3.05) is 50.6 Å². The van der Waals surface area contributed by atoms with Crippen molar-refractivity contribution < 1.29 is 36.2 Å². The minimum atomic E-state index is -3.50. The monoisotopic (exact) mass is 602 g/mol. The summed E-state index contributed by atoms with van der Waals surface area (Å²) in [5.41, 5.74) is 0.291. The lowest BCUT2D eigenvalue weighted by atomic mass is 10.1. The molecule has 0 bridgehead atoms. The number of hydrogen-bond donors (Lipinski definition) is 3. The molecule has 3 heterocycles. The highest BCUT2D eigenvalue weighted by atomic mass is 32.2. The molecule has 1 aromatic carbocycles. The molecule has 0 atom stereocenters. The number of nitrogens with one attached hydrogen (secondary N) is 3. The summed E-state index contributed by atoms with van der Waals surface area (Å²) in [6.07, 6.45) is 2.55. The van der Waals surface area contributed by atoms with E-state index in [2.05, 4.69) is 31.0 Å². The number of methoxy groups -OCH3 is 1. The Morgan fingerprint density at radius 3 is 2.71 bits per heavy atom. The maximum absolute atomic E-state index is 12.8. The summed E-state index contributed by atoms with van der Waals surface area (Å²) in [5.74, 6) is -1.36. The zero-order valence-corrected chi connectivity index (χ0v) is 23.4. The second kappa shape index (κ2) is 11.7. The van der Waals surface area contributed by atoms with Crippen LogP contribution in [0.1, 0.15) is 33.3 Å². The molecule has 222 valence electrons. The predicted molar refractivity (Wildman–Crippen MR) is 148 cm³/mol. The lowest BCUT2D eigenvalue weighted by Gasteiger charge is -2.32. The van der Waals surface area contributed by atoms with Crippen LogP contribution >= 0.6 is 0 Å². The van der Waals surface area contributed by atoms with Gasteiger partial charge in [-0.25, -0.2) is 8.42 Å². The zero-order chi connectivity index (χ0) is 32.5. The molecule has 2 aromatic heterocycles. The number of sulfonamides is 1. The Morgan fingerprint density at radius 1 is 1.21 bits per heavy atom. The lowest BCUT2D eigenvalue weighted by molar-refractivity contribution is -0.134. The number of anilines is 3. The van der Waals surface area contributed by atoms with Crippen LogP contribution in [0, 0.1) is 5.92 Å². The smallest absolute Gasteiger partial charge is 0.273 e. The molecule has 2 aliphatic rings. The Kier molecular flexibility index (Phi) is 6.99. The van der Waals surface area contributed by atoms with Crippen molar-refractivity contribution in [3.8, 4) is 17.2 Å². The molecule has 0 radical (unpaired) electrons. The van der Waals surface area contributed by atoms with Crippen LogP contribution in [-0.2, 0) is 26.2 Å². The summed E-state index contributed by atoms with van der Waals surface area (Å²) in [6.45, 7) is -2.81. The second-order valence-electron chi connectivity index (χ2n) is 9.65. The lowest BCUT2D eigenvalue weighted by Crippen LogP contribution is -2.51. The van der Waals surface area contributed by atoms with E-state index in [9.17, 15) is 22.8 Å². The minimum absolute atomic E-state index is 0.0137. The quantitative estimate of drug-likeness (QED) is 0.292. The standard InChI is InChI=1S/C25H29N9O7S/c1-26-24(37)21-17(11-18(30-31-21)28-23(36)14-7-8-14)27-16-6-4-5-15(22(16)40-2)25-29-19(32-41-25)12-33-9-10-34(13-20(33)35)42(3,38)39/h4-6,11,14H,7-10,12-13H2,1-3H3,(H,26,37)(H2,27,28,30,36)/i1D3. The van der Waals surface area contributed by atoms with Crippen LogP contribution in [-0.4, -0.2) is 95.7 Å². The Balaban J connectivity index is 1.40. The summed E-state index contributed by atoms with van der Waals surface area (Å²) in [6, 6.07) is 6.21. The SMILES string of the molecule is [2H]C([2H])([2H])NC(=O)c1nnc(NC(=O)C2CC2)cc1Nc1cccc(-c2nc(CN3CCN(S(C)(=O)=O)CC3=O)no2)c1OC. The number of carbonyl (C=O) groups excluding carboxylic acids is 3. The molecule has 1 saturated carbocycles. The van der Waals surface area contributed by atoms with Crippen molar-refractivity contribution in [3.05, 3.63) is 35.8 Å². The molecule has 3 amide bonds. The number of amides is 3. The maximum atomic E-state index is 12.8. The van der Waals surface area contributed by atoms with Gasteiger partial charge in [-0.2, -0.15) is 9.29 Å². The van der Waals surface area contributed by atoms with E-state index in [4.69, 9.17) is 13.4 Å². The number of nitrogens with zero attached hydrogens (tertiary/aromatic N) is 6. The Hall–Kier alpha value is -4.64. The third-order valence-electron chi connectivity index (χ3n) is 6.59. The fraction of sp³-hybridized carbons (Fsp3) is 0.400. The van der Waals surface area contributed by atoms with Crippen LogP contribution in [0.25, 0.3) is 11.5 Å². The first kappa shape index (κ1) is 25.1. The number of aromatic nitrogens is 4. The van der Waals surface area contributed by atoms with Crippen LogP contribution in [0.4, 0.5) is 17.2 Å². The summed E-state index contributed by atoms with van der Waals surface area (Å²) in [5, 5.41) is 19.2. The number of para-hydroxylation sites is 1. The topological polar surface area (TPSA) is 202 Å². The summed E-state index contributed by atoms with van der Waals surface area (Å²) in [7, 11) is -2.12. The van der Waals surface area contributed by atoms with Crippen LogP contribution in [0.15, 0.2) is 28.8 Å². The highest BCUT2D eigenvalue weighted by molar-refractivity contribution is 7.88. The number of rotatable bonds is 10. The molecule has 1 saturated heterocycles. The van der Waals surface area contributed by atoms with Crippen molar-refractivity contribution in [3.63, 3.8) is 0 Å². The highest BCUT2D eigenvalue weighted by Gasteiger charge is 2.31. The molecule has 0 unspecified atom stereocenters. The molecule has 0 spiro atoms. The van der Waals surface area contributed by atoms with Crippen LogP contribution < -0.4 is 20.7 Å². The van der Waals surface area contributed by atoms with Gasteiger partial charge in [0.05, 0.1) is 43.4 Å². The number of piperazine rings is 1. The average Bonchev–Trinajstić information content (AvgIpc) is 3.71. The molecule has 3 N–H and O–H groups in total. The van der Waals surface area contributed by atoms with E-state index in [1.54, 1.807) is 18.2 Å². The van der Waals surface area contributed by atoms with Crippen molar-refractivity contribution in [1.82, 2.24) is 34.9 Å². The van der Waals surface area contributed by atoms with E-state index in [1.807, 2.05) is 5.32 Å². The summed E-state index contributed by atoms with van der Waals surface area (Å²) < 4.78 is 57.9. The Labute approximate surface area is 245 Å². The van der Waals surface area contributed by atoms with Crippen LogP contribution in [0.5, 0.6) is 5.75 Å². The van der Waals surface area contributed by atoms with Crippen LogP contribution in [0.2, 0.25) is 0 Å². The molecular formula is C25H29N9O7S. The predicted octanol–water partition coefficient (Wildman–Crippen LogP) is 0.591. The normalized spacial score (nSPS) is 17.1. The van der Waals surface area contributed by atoms with Gasteiger partial charge in [0, 0.05) is 36.2 Å². The van der Waals surface area contributed by atoms with E-state index in [1.165, 1.54) is 18.1 Å². The van der Waals surface area contributed by atoms with Gasteiger partial charge in [-0.1, -0.05) is 11.2 Å². The molecule has 1 aliphatic heterocycles. The molecule has 3 aromatic rings. The fourth-order valence-electron chi connectivity index (χ4n) is 4.25. The average molecular weight is 603 g/mol. The first-order valence-electron chi connectivity index (χ1n) is 14.2. The van der Waals surface area contributed by atoms with Gasteiger partial charge in [0.1, 0.15) is 0 Å². The van der Waals surface area contributed by atoms with Gasteiger partial charge in [0.25, 0.3) is 11.8 Å². The molecule has 42 heavy (non-hydrogen) atoms. The molecule has 17 heteroatoms. The first-order chi connectivity index (χ1) is 21.2. The third-order valence-corrected chi connectivity index (χ3v) is 7.84. The van der Waals surface area contributed by atoms with Gasteiger partial charge in [-0.3, -0.25) is 14.4 Å². The van der Waals surface area contributed by atoms with Crippen molar-refractivity contribution >= 4 is 44.9 Å². The number of carbonyl (C=O) groups is 3. The molecule has 16 nitrogen and oxygen atoms in total. The Bertz CT molecular complexity index is 1750. The van der Waals surface area contributed by atoms with Gasteiger partial charge >= 0.3 is 0 Å². The minimum Gasteiger partial charge on any atom is -0.494 e. The van der Waals surface area contributed by atoms with Crippen molar-refractivity contribution in [1.29, 1.82) is 0 Å². The first-order valence-corrected chi connectivity index (χ1v) is 14.6. The number of benzene rings is 1. The van der Waals surface area contributed by atoms with E-state index in [-0.39, 0.29) is 78.4 Å². The van der Waals surface area contributed by atoms with Gasteiger partial charge < -0.3 is 30.1 Å². The van der Waals surface area contributed by atoms with E-state index >= 15 is 0 Å².